The van der Waals surface area contributed by atoms with E-state index in [1.54, 1.807) is 4.90 Å². The Labute approximate surface area is 106 Å². The molecule has 1 heterocycles. The maximum absolute atomic E-state index is 12.3. The second kappa shape index (κ2) is 4.52. The summed E-state index contributed by atoms with van der Waals surface area (Å²) in [5, 5.41) is 0. The van der Waals surface area contributed by atoms with E-state index in [0.29, 0.717) is 0 Å². The van der Waals surface area contributed by atoms with Crippen LogP contribution in [0.5, 0.6) is 11.5 Å². The molecule has 18 heavy (non-hydrogen) atoms. The Morgan fingerprint density at radius 2 is 1.94 bits per heavy atom. The Bertz CT molecular complexity index is 466. The molecule has 1 amide bonds. The normalized spacial score (nSPS) is 18.1. The van der Waals surface area contributed by atoms with E-state index in [1.165, 1.54) is 12.8 Å². The van der Waals surface area contributed by atoms with Crippen molar-refractivity contribution >= 4 is 11.6 Å². The van der Waals surface area contributed by atoms with Crippen LogP contribution in [0.4, 0.5) is 5.69 Å². The van der Waals surface area contributed by atoms with E-state index >= 15 is 0 Å². The zero-order valence-corrected chi connectivity index (χ0v) is 10.5. The molecule has 0 atom stereocenters. The lowest BCUT2D eigenvalue weighted by Crippen LogP contribution is -2.31. The van der Waals surface area contributed by atoms with Gasteiger partial charge >= 0.3 is 0 Å². The molecule has 0 N–H and O–H groups in total. The predicted octanol–water partition coefficient (Wildman–Crippen LogP) is 2.57. The Morgan fingerprint density at radius 1 is 1.22 bits per heavy atom. The van der Waals surface area contributed by atoms with E-state index in [0.717, 1.165) is 30.0 Å². The highest BCUT2D eigenvalue weighted by molar-refractivity contribution is 5.95. The van der Waals surface area contributed by atoms with E-state index in [-0.39, 0.29) is 18.6 Å². The number of hydrogen-bond donors (Lipinski definition) is 0. The minimum absolute atomic E-state index is 0.195. The van der Waals surface area contributed by atoms with Crippen molar-refractivity contribution in [3.8, 4) is 11.5 Å². The fourth-order valence-corrected chi connectivity index (χ4v) is 2.67. The van der Waals surface area contributed by atoms with Crippen LogP contribution < -0.4 is 14.4 Å². The number of ether oxygens (including phenoxy) is 2. The number of amides is 1. The summed E-state index contributed by atoms with van der Waals surface area (Å²) in [5.41, 5.74) is 0.871. The van der Waals surface area contributed by atoms with Crippen molar-refractivity contribution in [2.45, 2.75) is 25.7 Å². The molecule has 2 aliphatic rings. The molecule has 0 radical (unpaired) electrons. The maximum Gasteiger partial charge on any atom is 0.231 e. The first-order valence-corrected chi connectivity index (χ1v) is 6.43. The van der Waals surface area contributed by atoms with E-state index in [4.69, 9.17) is 9.47 Å². The summed E-state index contributed by atoms with van der Waals surface area (Å²) in [4.78, 5) is 14.0. The highest BCUT2D eigenvalue weighted by Crippen LogP contribution is 2.36. The molecule has 0 bridgehead atoms. The van der Waals surface area contributed by atoms with Gasteiger partial charge in [0.05, 0.1) is 0 Å². The van der Waals surface area contributed by atoms with Crippen molar-refractivity contribution in [2.24, 2.45) is 5.92 Å². The SMILES string of the molecule is CN(C(=O)C1CCCC1)c1ccc2c(c1)OCO2. The number of anilines is 1. The topological polar surface area (TPSA) is 38.8 Å². The van der Waals surface area contributed by atoms with E-state index in [9.17, 15) is 4.79 Å². The third kappa shape index (κ3) is 1.92. The Morgan fingerprint density at radius 3 is 2.72 bits per heavy atom. The number of nitrogens with zero attached hydrogens (tertiary/aromatic N) is 1. The number of rotatable bonds is 2. The molecule has 1 aliphatic carbocycles. The summed E-state index contributed by atoms with van der Waals surface area (Å²) in [7, 11) is 1.83. The van der Waals surface area contributed by atoms with Gasteiger partial charge in [0.15, 0.2) is 11.5 Å². The predicted molar refractivity (Wildman–Crippen MR) is 67.9 cm³/mol. The lowest BCUT2D eigenvalue weighted by Gasteiger charge is -2.21. The van der Waals surface area contributed by atoms with E-state index in [1.807, 2.05) is 25.2 Å². The molecule has 0 aromatic heterocycles. The lowest BCUT2D eigenvalue weighted by molar-refractivity contribution is -0.121. The number of fused-ring (bicyclic) bond motifs is 1. The van der Waals surface area contributed by atoms with Gasteiger partial charge in [-0.2, -0.15) is 0 Å². The summed E-state index contributed by atoms with van der Waals surface area (Å²) in [5.74, 6) is 1.88. The van der Waals surface area contributed by atoms with Gasteiger partial charge in [0.1, 0.15) is 0 Å². The summed E-state index contributed by atoms with van der Waals surface area (Å²) in [6.45, 7) is 0.263. The summed E-state index contributed by atoms with van der Waals surface area (Å²) in [6.07, 6.45) is 4.39. The average Bonchev–Trinajstić information content (AvgIpc) is 3.06. The third-order valence-electron chi connectivity index (χ3n) is 3.78. The largest absolute Gasteiger partial charge is 0.454 e. The van der Waals surface area contributed by atoms with Gasteiger partial charge < -0.3 is 14.4 Å². The van der Waals surface area contributed by atoms with Crippen LogP contribution in [0.25, 0.3) is 0 Å². The average molecular weight is 247 g/mol. The first-order chi connectivity index (χ1) is 8.75. The molecule has 0 spiro atoms. The number of benzene rings is 1. The molecule has 96 valence electrons. The number of carbonyl (C=O) groups is 1. The molecule has 3 rings (SSSR count). The first-order valence-electron chi connectivity index (χ1n) is 6.43. The highest BCUT2D eigenvalue weighted by Gasteiger charge is 2.26. The van der Waals surface area contributed by atoms with Gasteiger partial charge in [-0.15, -0.1) is 0 Å². The zero-order chi connectivity index (χ0) is 12.5. The van der Waals surface area contributed by atoms with Gasteiger partial charge in [-0.3, -0.25) is 4.79 Å². The van der Waals surface area contributed by atoms with Crippen LogP contribution in [-0.4, -0.2) is 19.7 Å². The lowest BCUT2D eigenvalue weighted by atomic mass is 10.1. The van der Waals surface area contributed by atoms with Crippen molar-refractivity contribution in [3.63, 3.8) is 0 Å². The molecule has 1 fully saturated rings. The molecule has 0 unspecified atom stereocenters. The quantitative estimate of drug-likeness (QED) is 0.806. The standard InChI is InChI=1S/C14H17NO3/c1-15(14(16)10-4-2-3-5-10)11-6-7-12-13(8-11)18-9-17-12/h6-8,10H,2-5,9H2,1H3. The van der Waals surface area contributed by atoms with Gasteiger partial charge in [-0.1, -0.05) is 12.8 Å². The smallest absolute Gasteiger partial charge is 0.231 e. The van der Waals surface area contributed by atoms with Crippen LogP contribution in [0.1, 0.15) is 25.7 Å². The van der Waals surface area contributed by atoms with Gasteiger partial charge in [0.2, 0.25) is 12.7 Å². The molecule has 1 aromatic rings. The van der Waals surface area contributed by atoms with Crippen LogP contribution in [0, 0.1) is 5.92 Å². The van der Waals surface area contributed by atoms with E-state index < -0.39 is 0 Å². The van der Waals surface area contributed by atoms with Crippen LogP contribution in [-0.2, 0) is 4.79 Å². The zero-order valence-electron chi connectivity index (χ0n) is 10.5. The van der Waals surface area contributed by atoms with Gasteiger partial charge in [-0.05, 0) is 25.0 Å². The van der Waals surface area contributed by atoms with Crippen molar-refractivity contribution in [3.05, 3.63) is 18.2 Å². The van der Waals surface area contributed by atoms with Gasteiger partial charge in [-0.25, -0.2) is 0 Å². The molecule has 1 saturated carbocycles. The van der Waals surface area contributed by atoms with Gasteiger partial charge in [0, 0.05) is 24.7 Å². The summed E-state index contributed by atoms with van der Waals surface area (Å²) >= 11 is 0. The summed E-state index contributed by atoms with van der Waals surface area (Å²) in [6, 6.07) is 5.63. The van der Waals surface area contributed by atoms with Crippen LogP contribution in [0.15, 0.2) is 18.2 Å². The van der Waals surface area contributed by atoms with Crippen molar-refractivity contribution < 1.29 is 14.3 Å². The molecule has 1 aliphatic heterocycles. The molecular weight excluding hydrogens is 230 g/mol. The minimum Gasteiger partial charge on any atom is -0.454 e. The molecule has 1 aromatic carbocycles. The molecule has 0 saturated heterocycles. The van der Waals surface area contributed by atoms with Crippen molar-refractivity contribution in [1.29, 1.82) is 0 Å². The van der Waals surface area contributed by atoms with Crippen LogP contribution in [0.3, 0.4) is 0 Å². The van der Waals surface area contributed by atoms with Crippen molar-refractivity contribution in [1.82, 2.24) is 0 Å². The molecule has 4 heteroatoms. The van der Waals surface area contributed by atoms with Crippen LogP contribution in [0.2, 0.25) is 0 Å². The Hall–Kier alpha value is -1.71. The first kappa shape index (κ1) is 11.4. The molecule has 4 nitrogen and oxygen atoms in total. The van der Waals surface area contributed by atoms with Crippen molar-refractivity contribution in [2.75, 3.05) is 18.7 Å². The monoisotopic (exact) mass is 247 g/mol. The number of hydrogen-bond acceptors (Lipinski definition) is 3. The molecular formula is C14H17NO3. The Balaban J connectivity index is 1.79. The second-order valence-corrected chi connectivity index (χ2v) is 4.92. The fraction of sp³-hybridized carbons (Fsp3) is 0.500. The third-order valence-corrected chi connectivity index (χ3v) is 3.78. The van der Waals surface area contributed by atoms with E-state index in [2.05, 4.69) is 0 Å². The summed E-state index contributed by atoms with van der Waals surface area (Å²) < 4.78 is 10.6. The highest BCUT2D eigenvalue weighted by atomic mass is 16.7. The van der Waals surface area contributed by atoms with Gasteiger partial charge in [0.25, 0.3) is 0 Å². The Kier molecular flexibility index (Phi) is 2.86. The second-order valence-electron chi connectivity index (χ2n) is 4.92. The fourth-order valence-electron chi connectivity index (χ4n) is 2.67. The number of carbonyl (C=O) groups excluding carboxylic acids is 1. The maximum atomic E-state index is 12.3. The minimum atomic E-state index is 0.195. The van der Waals surface area contributed by atoms with Crippen LogP contribution >= 0.6 is 0 Å².